The van der Waals surface area contributed by atoms with Crippen LogP contribution in [0.25, 0.3) is 22.5 Å². The standard InChI is InChI=1S/C24H24N8O2/c1-31-10-8-20(30-31)17-5-3-6-18(15-17)21-22(33-2)23(25-16-19-7-4-9-26-29-19)28-24(27-21)32-11-13-34-14-12-32/h3,5-6,8-10,15H,11-14,16H2,1-2H3,(H,25,27,28). The van der Waals surface area contributed by atoms with Crippen molar-refractivity contribution in [3.05, 3.63) is 60.6 Å². The molecular formula is C24H24N8O2. The summed E-state index contributed by atoms with van der Waals surface area (Å²) >= 11 is 0. The van der Waals surface area contributed by atoms with Crippen LogP contribution in [-0.2, 0) is 18.3 Å². The lowest BCUT2D eigenvalue weighted by atomic mass is 10.0. The SMILES string of the molecule is COc1c(NCc2c#ccnn2)nc(N2CCOCC2)nc1-c1cccc(-c2ccn(C)n2)c1. The quantitative estimate of drug-likeness (QED) is 0.449. The maximum atomic E-state index is 5.81. The van der Waals surface area contributed by atoms with Crippen molar-refractivity contribution < 1.29 is 9.47 Å². The van der Waals surface area contributed by atoms with Crippen molar-refractivity contribution >= 4 is 11.8 Å². The number of aromatic nitrogens is 6. The number of ether oxygens (including phenoxy) is 2. The van der Waals surface area contributed by atoms with Crippen LogP contribution in [0, 0.1) is 12.1 Å². The highest BCUT2D eigenvalue weighted by Crippen LogP contribution is 2.37. The molecule has 172 valence electrons. The molecule has 5 rings (SSSR count). The number of morpholine rings is 1. The van der Waals surface area contributed by atoms with Gasteiger partial charge in [-0.15, -0.1) is 10.2 Å². The zero-order chi connectivity index (χ0) is 23.3. The molecule has 0 unspecified atom stereocenters. The second-order valence-corrected chi connectivity index (χ2v) is 7.72. The fourth-order valence-corrected chi connectivity index (χ4v) is 3.76. The Morgan fingerprint density at radius 1 is 1.15 bits per heavy atom. The number of rotatable bonds is 7. The molecular weight excluding hydrogens is 432 g/mol. The third-order valence-corrected chi connectivity index (χ3v) is 5.44. The van der Waals surface area contributed by atoms with E-state index in [1.165, 1.54) is 6.20 Å². The molecule has 1 aliphatic rings. The van der Waals surface area contributed by atoms with Crippen molar-refractivity contribution in [3.8, 4) is 28.3 Å². The van der Waals surface area contributed by atoms with Crippen molar-refractivity contribution in [2.24, 2.45) is 7.05 Å². The van der Waals surface area contributed by atoms with Gasteiger partial charge in [-0.2, -0.15) is 10.1 Å². The minimum Gasteiger partial charge on any atom is -0.491 e. The third kappa shape index (κ3) is 4.60. The van der Waals surface area contributed by atoms with E-state index in [-0.39, 0.29) is 0 Å². The van der Waals surface area contributed by atoms with Crippen LogP contribution in [-0.4, -0.2) is 63.4 Å². The largest absolute Gasteiger partial charge is 0.491 e. The summed E-state index contributed by atoms with van der Waals surface area (Å²) in [5, 5.41) is 15.8. The molecule has 0 amide bonds. The fraction of sp³-hybridized carbons (Fsp3) is 0.292. The van der Waals surface area contributed by atoms with Crippen LogP contribution >= 0.6 is 0 Å². The van der Waals surface area contributed by atoms with Gasteiger partial charge >= 0.3 is 0 Å². The summed E-state index contributed by atoms with van der Waals surface area (Å²) in [5.74, 6) is 1.72. The van der Waals surface area contributed by atoms with Gasteiger partial charge in [0, 0.05) is 37.5 Å². The van der Waals surface area contributed by atoms with E-state index in [4.69, 9.17) is 19.4 Å². The average Bonchev–Trinajstić information content (AvgIpc) is 3.34. The number of hydrogen-bond donors (Lipinski definition) is 1. The van der Waals surface area contributed by atoms with E-state index in [0.717, 1.165) is 16.8 Å². The molecule has 0 bridgehead atoms. The van der Waals surface area contributed by atoms with Crippen LogP contribution in [0.5, 0.6) is 5.75 Å². The summed E-state index contributed by atoms with van der Waals surface area (Å²) in [6.45, 7) is 3.06. The number of aryl methyl sites for hydroxylation is 1. The van der Waals surface area contributed by atoms with Gasteiger partial charge in [0.1, 0.15) is 11.4 Å². The van der Waals surface area contributed by atoms with Gasteiger partial charge in [-0.25, -0.2) is 4.98 Å². The molecule has 0 aliphatic carbocycles. The first-order valence-corrected chi connectivity index (χ1v) is 10.9. The smallest absolute Gasteiger partial charge is 0.228 e. The first-order chi connectivity index (χ1) is 16.7. The Morgan fingerprint density at radius 3 is 2.74 bits per heavy atom. The lowest BCUT2D eigenvalue weighted by Gasteiger charge is -2.28. The van der Waals surface area contributed by atoms with Gasteiger partial charge < -0.3 is 19.7 Å². The van der Waals surface area contributed by atoms with E-state index in [9.17, 15) is 0 Å². The Bertz CT molecular complexity index is 1260. The van der Waals surface area contributed by atoms with E-state index in [1.807, 2.05) is 37.5 Å². The molecule has 34 heavy (non-hydrogen) atoms. The average molecular weight is 457 g/mol. The summed E-state index contributed by atoms with van der Waals surface area (Å²) in [6, 6.07) is 15.8. The highest BCUT2D eigenvalue weighted by molar-refractivity contribution is 5.77. The van der Waals surface area contributed by atoms with Gasteiger partial charge in [0.15, 0.2) is 11.6 Å². The van der Waals surface area contributed by atoms with Crippen molar-refractivity contribution in [2.45, 2.75) is 6.54 Å². The molecule has 1 saturated heterocycles. The Hall–Kier alpha value is -4.23. The maximum Gasteiger partial charge on any atom is 0.228 e. The summed E-state index contributed by atoms with van der Waals surface area (Å²) < 4.78 is 13.1. The molecule has 10 nitrogen and oxygen atoms in total. The van der Waals surface area contributed by atoms with Crippen LogP contribution in [0.15, 0.2) is 42.7 Å². The number of nitrogens with one attached hydrogen (secondary N) is 1. The molecule has 0 spiro atoms. The van der Waals surface area contributed by atoms with Crippen LogP contribution < -0.4 is 15.0 Å². The lowest BCUT2D eigenvalue weighted by molar-refractivity contribution is 0.122. The second-order valence-electron chi connectivity index (χ2n) is 7.72. The first-order valence-electron chi connectivity index (χ1n) is 10.9. The predicted octanol–water partition coefficient (Wildman–Crippen LogP) is 2.39. The molecule has 4 heterocycles. The highest BCUT2D eigenvalue weighted by atomic mass is 16.5. The normalized spacial score (nSPS) is 13.4. The van der Waals surface area contributed by atoms with E-state index in [2.05, 4.69) is 43.7 Å². The monoisotopic (exact) mass is 456 g/mol. The Kier molecular flexibility index (Phi) is 6.18. The third-order valence-electron chi connectivity index (χ3n) is 5.44. The van der Waals surface area contributed by atoms with Crippen LogP contribution in [0.4, 0.5) is 11.8 Å². The van der Waals surface area contributed by atoms with Crippen molar-refractivity contribution in [1.82, 2.24) is 29.9 Å². The minimum absolute atomic E-state index is 0.369. The number of benzene rings is 1. The van der Waals surface area contributed by atoms with Gasteiger partial charge in [0.2, 0.25) is 5.95 Å². The molecule has 1 aliphatic heterocycles. The fourth-order valence-electron chi connectivity index (χ4n) is 3.76. The summed E-state index contributed by atoms with van der Waals surface area (Å²) in [4.78, 5) is 11.8. The van der Waals surface area contributed by atoms with E-state index >= 15 is 0 Å². The molecule has 10 heteroatoms. The molecule has 3 aromatic heterocycles. The molecule has 0 radical (unpaired) electrons. The maximum absolute atomic E-state index is 5.81. The summed E-state index contributed by atoms with van der Waals surface area (Å²) in [7, 11) is 3.52. The predicted molar refractivity (Wildman–Crippen MR) is 126 cm³/mol. The highest BCUT2D eigenvalue weighted by Gasteiger charge is 2.22. The van der Waals surface area contributed by atoms with Gasteiger partial charge in [0.05, 0.1) is 38.8 Å². The summed E-state index contributed by atoms with van der Waals surface area (Å²) in [5.41, 5.74) is 4.09. The van der Waals surface area contributed by atoms with Crippen LogP contribution in [0.1, 0.15) is 5.69 Å². The molecule has 1 fully saturated rings. The van der Waals surface area contributed by atoms with E-state index in [0.29, 0.717) is 61.8 Å². The van der Waals surface area contributed by atoms with Crippen LogP contribution in [0.2, 0.25) is 0 Å². The molecule has 4 aromatic rings. The molecule has 0 atom stereocenters. The zero-order valence-corrected chi connectivity index (χ0v) is 19.0. The lowest BCUT2D eigenvalue weighted by Crippen LogP contribution is -2.37. The molecule has 0 saturated carbocycles. The number of methoxy groups -OCH3 is 1. The van der Waals surface area contributed by atoms with Gasteiger partial charge in [-0.1, -0.05) is 18.2 Å². The Balaban J connectivity index is 1.57. The number of nitrogens with zero attached hydrogens (tertiary/aromatic N) is 7. The topological polar surface area (TPSA) is 103 Å². The molecule has 1 N–H and O–H groups in total. The van der Waals surface area contributed by atoms with Gasteiger partial charge in [-0.05, 0) is 24.3 Å². The minimum atomic E-state index is 0.369. The second kappa shape index (κ2) is 9.72. The van der Waals surface area contributed by atoms with E-state index < -0.39 is 0 Å². The van der Waals surface area contributed by atoms with Crippen molar-refractivity contribution in [3.63, 3.8) is 0 Å². The van der Waals surface area contributed by atoms with Crippen LogP contribution in [0.3, 0.4) is 0 Å². The Labute approximate surface area is 197 Å². The number of anilines is 2. The first kappa shape index (κ1) is 21.6. The van der Waals surface area contributed by atoms with Crippen molar-refractivity contribution in [1.29, 1.82) is 0 Å². The van der Waals surface area contributed by atoms with Crippen molar-refractivity contribution in [2.75, 3.05) is 43.6 Å². The van der Waals surface area contributed by atoms with Gasteiger partial charge in [-0.3, -0.25) is 4.68 Å². The Morgan fingerprint density at radius 2 is 2.00 bits per heavy atom. The zero-order valence-electron chi connectivity index (χ0n) is 19.0. The van der Waals surface area contributed by atoms with E-state index in [1.54, 1.807) is 11.8 Å². The number of hydrogen-bond acceptors (Lipinski definition) is 9. The van der Waals surface area contributed by atoms with Gasteiger partial charge in [0.25, 0.3) is 0 Å². The molecule has 1 aromatic carbocycles. The summed E-state index contributed by atoms with van der Waals surface area (Å²) in [6.07, 6.45) is 3.39.